The highest BCUT2D eigenvalue weighted by Crippen LogP contribution is 2.26. The molecule has 0 aliphatic carbocycles. The third kappa shape index (κ3) is 7.76. The van der Waals surface area contributed by atoms with Crippen LogP contribution in [0.4, 0.5) is 0 Å². The monoisotopic (exact) mass is 292 g/mol. The Balaban J connectivity index is 2.12. The number of phenolic OH excluding ortho intramolecular Hbond substituents is 1. The van der Waals surface area contributed by atoms with Gasteiger partial charge in [0.05, 0.1) is 13.7 Å². The van der Waals surface area contributed by atoms with Gasteiger partial charge in [0.1, 0.15) is 0 Å². The van der Waals surface area contributed by atoms with Crippen molar-refractivity contribution in [3.05, 3.63) is 29.8 Å². The van der Waals surface area contributed by atoms with Gasteiger partial charge < -0.3 is 14.6 Å². The van der Waals surface area contributed by atoms with Crippen LogP contribution in [0, 0.1) is 0 Å². The minimum atomic E-state index is 0.161. The Labute approximate surface area is 128 Å². The summed E-state index contributed by atoms with van der Waals surface area (Å²) in [6, 6.07) is 5.29. The molecule has 0 atom stereocenters. The zero-order valence-electron chi connectivity index (χ0n) is 13.3. The van der Waals surface area contributed by atoms with E-state index in [9.17, 15) is 5.11 Å². The standard InChI is InChI=1S/C18H28O3/c1-3-4-5-6-7-8-13-21-14-9-10-16-11-12-17(19)18(15-16)20-2/h9-12,15,19H,3-8,13-14H2,1-2H3/b10-9+. The lowest BCUT2D eigenvalue weighted by atomic mass is 10.1. The molecule has 3 heteroatoms. The van der Waals surface area contributed by atoms with E-state index in [1.165, 1.54) is 32.1 Å². The number of benzene rings is 1. The predicted molar refractivity (Wildman–Crippen MR) is 87.9 cm³/mol. The van der Waals surface area contributed by atoms with Crippen LogP contribution in [0.5, 0.6) is 11.5 Å². The van der Waals surface area contributed by atoms with Crippen molar-refractivity contribution in [1.82, 2.24) is 0 Å². The molecule has 0 heterocycles. The second-order valence-electron chi connectivity index (χ2n) is 5.18. The number of phenols is 1. The molecule has 21 heavy (non-hydrogen) atoms. The summed E-state index contributed by atoms with van der Waals surface area (Å²) in [6.45, 7) is 3.69. The molecule has 1 aromatic rings. The third-order valence-corrected chi connectivity index (χ3v) is 3.37. The topological polar surface area (TPSA) is 38.7 Å². The molecule has 1 aromatic carbocycles. The highest BCUT2D eigenvalue weighted by molar-refractivity contribution is 5.55. The van der Waals surface area contributed by atoms with Crippen molar-refractivity contribution in [2.45, 2.75) is 45.4 Å². The molecule has 0 aliphatic rings. The molecule has 0 fully saturated rings. The van der Waals surface area contributed by atoms with E-state index in [1.807, 2.05) is 18.2 Å². The molecule has 0 spiro atoms. The second kappa shape index (κ2) is 11.2. The predicted octanol–water partition coefficient (Wildman–Crippen LogP) is 4.79. The van der Waals surface area contributed by atoms with E-state index in [1.54, 1.807) is 19.2 Å². The van der Waals surface area contributed by atoms with Gasteiger partial charge in [-0.2, -0.15) is 0 Å². The highest BCUT2D eigenvalue weighted by atomic mass is 16.5. The molecule has 0 saturated carbocycles. The first kappa shape index (κ1) is 17.6. The maximum absolute atomic E-state index is 9.51. The molecule has 0 saturated heterocycles. The average molecular weight is 292 g/mol. The number of unbranched alkanes of at least 4 members (excludes halogenated alkanes) is 5. The molecular weight excluding hydrogens is 264 g/mol. The molecule has 0 bridgehead atoms. The van der Waals surface area contributed by atoms with E-state index < -0.39 is 0 Å². The van der Waals surface area contributed by atoms with Crippen molar-refractivity contribution in [3.8, 4) is 11.5 Å². The number of hydrogen-bond acceptors (Lipinski definition) is 3. The van der Waals surface area contributed by atoms with Crippen molar-refractivity contribution in [3.63, 3.8) is 0 Å². The summed E-state index contributed by atoms with van der Waals surface area (Å²) < 4.78 is 10.6. The van der Waals surface area contributed by atoms with Gasteiger partial charge in [-0.1, -0.05) is 57.2 Å². The molecule has 118 valence electrons. The summed E-state index contributed by atoms with van der Waals surface area (Å²) in [6.07, 6.45) is 11.7. The fraction of sp³-hybridized carbons (Fsp3) is 0.556. The van der Waals surface area contributed by atoms with Crippen LogP contribution in [0.15, 0.2) is 24.3 Å². The van der Waals surface area contributed by atoms with Gasteiger partial charge in [0.15, 0.2) is 11.5 Å². The molecule has 0 aliphatic heterocycles. The first-order chi connectivity index (χ1) is 10.3. The lowest BCUT2D eigenvalue weighted by molar-refractivity contribution is 0.157. The molecule has 0 unspecified atom stereocenters. The third-order valence-electron chi connectivity index (χ3n) is 3.37. The molecule has 1 rings (SSSR count). The summed E-state index contributed by atoms with van der Waals surface area (Å²) in [5, 5.41) is 9.51. The Hall–Kier alpha value is -1.48. The van der Waals surface area contributed by atoms with Gasteiger partial charge in [0, 0.05) is 6.61 Å². The SMILES string of the molecule is CCCCCCCCOC/C=C/c1ccc(O)c(OC)c1. The maximum Gasteiger partial charge on any atom is 0.161 e. The highest BCUT2D eigenvalue weighted by Gasteiger charge is 1.99. The van der Waals surface area contributed by atoms with Crippen LogP contribution in [-0.2, 0) is 4.74 Å². The molecular formula is C18H28O3. The van der Waals surface area contributed by atoms with Gasteiger partial charge in [-0.3, -0.25) is 0 Å². The van der Waals surface area contributed by atoms with E-state index in [0.717, 1.165) is 18.6 Å². The van der Waals surface area contributed by atoms with Gasteiger partial charge in [0.25, 0.3) is 0 Å². The van der Waals surface area contributed by atoms with Crippen LogP contribution in [0.3, 0.4) is 0 Å². The van der Waals surface area contributed by atoms with Crippen molar-refractivity contribution in [2.24, 2.45) is 0 Å². The lowest BCUT2D eigenvalue weighted by Crippen LogP contribution is -1.94. The number of ether oxygens (including phenoxy) is 2. The van der Waals surface area contributed by atoms with Crippen LogP contribution >= 0.6 is 0 Å². The van der Waals surface area contributed by atoms with Gasteiger partial charge in [-0.05, 0) is 24.1 Å². The van der Waals surface area contributed by atoms with Crippen LogP contribution in [0.2, 0.25) is 0 Å². The fourth-order valence-corrected chi connectivity index (χ4v) is 2.12. The minimum absolute atomic E-state index is 0.161. The van der Waals surface area contributed by atoms with Gasteiger partial charge in [-0.25, -0.2) is 0 Å². The second-order valence-corrected chi connectivity index (χ2v) is 5.18. The van der Waals surface area contributed by atoms with Crippen LogP contribution in [0.25, 0.3) is 6.08 Å². The lowest BCUT2D eigenvalue weighted by Gasteiger charge is -2.04. The summed E-state index contributed by atoms with van der Waals surface area (Å²) >= 11 is 0. The summed E-state index contributed by atoms with van der Waals surface area (Å²) in [4.78, 5) is 0. The first-order valence-corrected chi connectivity index (χ1v) is 7.89. The molecule has 3 nitrogen and oxygen atoms in total. The van der Waals surface area contributed by atoms with Gasteiger partial charge in [0.2, 0.25) is 0 Å². The summed E-state index contributed by atoms with van der Waals surface area (Å²) in [5.74, 6) is 0.652. The minimum Gasteiger partial charge on any atom is -0.504 e. The van der Waals surface area contributed by atoms with Crippen molar-refractivity contribution < 1.29 is 14.6 Å². The van der Waals surface area contributed by atoms with Crippen LogP contribution < -0.4 is 4.74 Å². The van der Waals surface area contributed by atoms with E-state index in [4.69, 9.17) is 9.47 Å². The maximum atomic E-state index is 9.51. The normalized spacial score (nSPS) is 11.1. The zero-order valence-corrected chi connectivity index (χ0v) is 13.3. The molecule has 0 aromatic heterocycles. The molecule has 0 amide bonds. The van der Waals surface area contributed by atoms with E-state index >= 15 is 0 Å². The van der Waals surface area contributed by atoms with Gasteiger partial charge >= 0.3 is 0 Å². The quantitative estimate of drug-likeness (QED) is 0.596. The average Bonchev–Trinajstić information content (AvgIpc) is 2.50. The summed E-state index contributed by atoms with van der Waals surface area (Å²) in [5.41, 5.74) is 0.993. The van der Waals surface area contributed by atoms with Crippen molar-refractivity contribution >= 4 is 6.08 Å². The smallest absolute Gasteiger partial charge is 0.161 e. The van der Waals surface area contributed by atoms with E-state index in [2.05, 4.69) is 6.92 Å². The van der Waals surface area contributed by atoms with Crippen LogP contribution in [0.1, 0.15) is 51.0 Å². The van der Waals surface area contributed by atoms with E-state index in [-0.39, 0.29) is 5.75 Å². The number of hydrogen-bond donors (Lipinski definition) is 1. The van der Waals surface area contributed by atoms with Gasteiger partial charge in [-0.15, -0.1) is 0 Å². The Morgan fingerprint density at radius 1 is 1.10 bits per heavy atom. The number of rotatable bonds is 11. The largest absolute Gasteiger partial charge is 0.504 e. The Morgan fingerprint density at radius 3 is 2.62 bits per heavy atom. The Bertz CT molecular complexity index is 413. The fourth-order valence-electron chi connectivity index (χ4n) is 2.12. The van der Waals surface area contributed by atoms with E-state index in [0.29, 0.717) is 12.4 Å². The van der Waals surface area contributed by atoms with Crippen molar-refractivity contribution in [2.75, 3.05) is 20.3 Å². The molecule has 1 N–H and O–H groups in total. The van der Waals surface area contributed by atoms with Crippen LogP contribution in [-0.4, -0.2) is 25.4 Å². The first-order valence-electron chi connectivity index (χ1n) is 7.89. The van der Waals surface area contributed by atoms with Crippen molar-refractivity contribution in [1.29, 1.82) is 0 Å². The zero-order chi connectivity index (χ0) is 15.3. The Kier molecular flexibility index (Phi) is 9.38. The summed E-state index contributed by atoms with van der Waals surface area (Å²) in [7, 11) is 1.55. The molecule has 0 radical (unpaired) electrons. The number of methoxy groups -OCH3 is 1. The Morgan fingerprint density at radius 2 is 1.86 bits per heavy atom. The number of aromatic hydroxyl groups is 1.